The highest BCUT2D eigenvalue weighted by Gasteiger charge is 2.37. The van der Waals surface area contributed by atoms with Crippen LogP contribution in [-0.4, -0.2) is 30.1 Å². The largest absolute Gasteiger partial charge is 0.508 e. The predicted molar refractivity (Wildman–Crippen MR) is 135 cm³/mol. The van der Waals surface area contributed by atoms with Gasteiger partial charge in [-0.05, 0) is 80.1 Å². The van der Waals surface area contributed by atoms with Crippen molar-refractivity contribution >= 4 is 15.9 Å². The molecular formula is C28H32BrNO2. The minimum absolute atomic E-state index is 0.139. The van der Waals surface area contributed by atoms with E-state index in [0.29, 0.717) is 12.4 Å². The second-order valence-corrected chi connectivity index (χ2v) is 9.38. The van der Waals surface area contributed by atoms with E-state index in [1.807, 2.05) is 12.1 Å². The van der Waals surface area contributed by atoms with Crippen molar-refractivity contribution in [3.8, 4) is 11.5 Å². The van der Waals surface area contributed by atoms with E-state index in [1.165, 1.54) is 16.7 Å². The number of alkyl halides is 1. The second kappa shape index (κ2) is 11.0. The van der Waals surface area contributed by atoms with Crippen LogP contribution in [0, 0.1) is 0 Å². The van der Waals surface area contributed by atoms with Gasteiger partial charge in [-0.1, -0.05) is 70.5 Å². The topological polar surface area (TPSA) is 41.5 Å². The lowest BCUT2D eigenvalue weighted by molar-refractivity contribution is 0.310. The van der Waals surface area contributed by atoms with Crippen LogP contribution in [0.4, 0.5) is 0 Å². The standard InChI is InChI=1S/C28H32BrNO2/c29-17-14-22-8-11-25(12-9-22)32-20-4-5-23-10-13-27(31)26(21-23)28(15-18-30-19-16-28)24-6-2-1-3-7-24/h1-3,6-13,21,30-31H,4-5,14-20H2. The highest BCUT2D eigenvalue weighted by molar-refractivity contribution is 9.09. The van der Waals surface area contributed by atoms with E-state index in [0.717, 1.165) is 61.8 Å². The number of rotatable bonds is 9. The second-order valence-electron chi connectivity index (χ2n) is 8.58. The van der Waals surface area contributed by atoms with Gasteiger partial charge >= 0.3 is 0 Å². The molecule has 0 aromatic heterocycles. The van der Waals surface area contributed by atoms with Crippen LogP contribution in [0.5, 0.6) is 11.5 Å². The summed E-state index contributed by atoms with van der Waals surface area (Å²) in [6.07, 6.45) is 4.87. The van der Waals surface area contributed by atoms with Gasteiger partial charge in [0.25, 0.3) is 0 Å². The van der Waals surface area contributed by atoms with Crippen molar-refractivity contribution in [2.24, 2.45) is 0 Å². The van der Waals surface area contributed by atoms with Crippen LogP contribution in [-0.2, 0) is 18.3 Å². The lowest BCUT2D eigenvalue weighted by Crippen LogP contribution is -2.40. The summed E-state index contributed by atoms with van der Waals surface area (Å²) in [7, 11) is 0. The normalized spacial score (nSPS) is 15.4. The average Bonchev–Trinajstić information content (AvgIpc) is 2.85. The van der Waals surface area contributed by atoms with Crippen molar-refractivity contribution in [3.05, 3.63) is 95.1 Å². The molecular weight excluding hydrogens is 462 g/mol. The summed E-state index contributed by atoms with van der Waals surface area (Å²) < 4.78 is 5.95. The van der Waals surface area contributed by atoms with Crippen LogP contribution in [0.3, 0.4) is 0 Å². The van der Waals surface area contributed by atoms with E-state index >= 15 is 0 Å². The van der Waals surface area contributed by atoms with Crippen LogP contribution >= 0.6 is 15.9 Å². The van der Waals surface area contributed by atoms with Crippen molar-refractivity contribution in [1.82, 2.24) is 5.32 Å². The first-order valence-corrected chi connectivity index (χ1v) is 12.7. The molecule has 2 N–H and O–H groups in total. The number of phenols is 1. The van der Waals surface area contributed by atoms with Gasteiger partial charge in [-0.2, -0.15) is 0 Å². The maximum absolute atomic E-state index is 10.8. The van der Waals surface area contributed by atoms with E-state index in [1.54, 1.807) is 0 Å². The third-order valence-electron chi connectivity index (χ3n) is 6.55. The van der Waals surface area contributed by atoms with Gasteiger partial charge in [0.15, 0.2) is 0 Å². The van der Waals surface area contributed by atoms with Crippen molar-refractivity contribution < 1.29 is 9.84 Å². The van der Waals surface area contributed by atoms with E-state index in [4.69, 9.17) is 4.74 Å². The summed E-state index contributed by atoms with van der Waals surface area (Å²) in [5.74, 6) is 1.33. The zero-order valence-corrected chi connectivity index (χ0v) is 20.1. The summed E-state index contributed by atoms with van der Waals surface area (Å²) in [4.78, 5) is 0. The Morgan fingerprint density at radius 1 is 0.875 bits per heavy atom. The molecule has 0 spiro atoms. The minimum Gasteiger partial charge on any atom is -0.508 e. The molecule has 0 saturated carbocycles. The molecule has 0 unspecified atom stereocenters. The quantitative estimate of drug-likeness (QED) is 0.283. The molecule has 0 atom stereocenters. The molecule has 3 nitrogen and oxygen atoms in total. The van der Waals surface area contributed by atoms with Crippen molar-refractivity contribution in [2.75, 3.05) is 25.0 Å². The van der Waals surface area contributed by atoms with Gasteiger partial charge in [0.05, 0.1) is 6.61 Å². The van der Waals surface area contributed by atoms with Crippen molar-refractivity contribution in [3.63, 3.8) is 0 Å². The Labute approximate surface area is 200 Å². The molecule has 3 aromatic rings. The molecule has 0 aliphatic carbocycles. The molecule has 32 heavy (non-hydrogen) atoms. The van der Waals surface area contributed by atoms with Gasteiger partial charge in [-0.25, -0.2) is 0 Å². The fraction of sp³-hybridized carbons (Fsp3) is 0.357. The van der Waals surface area contributed by atoms with Gasteiger partial charge in [0.2, 0.25) is 0 Å². The molecule has 1 aliphatic rings. The fourth-order valence-corrected chi connectivity index (χ4v) is 5.23. The average molecular weight is 494 g/mol. The zero-order chi connectivity index (χ0) is 22.2. The summed E-state index contributed by atoms with van der Waals surface area (Å²) in [5, 5.41) is 15.3. The zero-order valence-electron chi connectivity index (χ0n) is 18.5. The van der Waals surface area contributed by atoms with Gasteiger partial charge in [0, 0.05) is 16.3 Å². The molecule has 1 aliphatic heterocycles. The fourth-order valence-electron chi connectivity index (χ4n) is 4.77. The summed E-state index contributed by atoms with van der Waals surface area (Å²) in [5.41, 5.74) is 4.78. The molecule has 0 amide bonds. The van der Waals surface area contributed by atoms with Crippen LogP contribution in [0.2, 0.25) is 0 Å². The van der Waals surface area contributed by atoms with Crippen LogP contribution < -0.4 is 10.1 Å². The Hall–Kier alpha value is -2.30. The SMILES string of the molecule is Oc1ccc(CCCOc2ccc(CCBr)cc2)cc1C1(c2ccccc2)CCNCC1. The predicted octanol–water partition coefficient (Wildman–Crippen LogP) is 6.01. The molecule has 0 radical (unpaired) electrons. The van der Waals surface area contributed by atoms with Crippen LogP contribution in [0.25, 0.3) is 0 Å². The monoisotopic (exact) mass is 493 g/mol. The Bertz CT molecular complexity index is 982. The van der Waals surface area contributed by atoms with E-state index in [-0.39, 0.29) is 5.41 Å². The number of aryl methyl sites for hydroxylation is 2. The molecule has 4 heteroatoms. The molecule has 1 heterocycles. The smallest absolute Gasteiger partial charge is 0.119 e. The van der Waals surface area contributed by atoms with E-state index in [2.05, 4.69) is 81.9 Å². The number of hydrogen-bond donors (Lipinski definition) is 2. The first kappa shape index (κ1) is 22.9. The maximum atomic E-state index is 10.8. The lowest BCUT2D eigenvalue weighted by Gasteiger charge is -2.39. The Kier molecular flexibility index (Phi) is 7.88. The van der Waals surface area contributed by atoms with Crippen LogP contribution in [0.15, 0.2) is 72.8 Å². The number of phenolic OH excluding ortho intramolecular Hbond substituents is 1. The minimum atomic E-state index is -0.139. The van der Waals surface area contributed by atoms with Crippen molar-refractivity contribution in [2.45, 2.75) is 37.5 Å². The van der Waals surface area contributed by atoms with Crippen LogP contribution in [0.1, 0.15) is 41.5 Å². The molecule has 168 valence electrons. The number of hydrogen-bond acceptors (Lipinski definition) is 3. The van der Waals surface area contributed by atoms with Gasteiger partial charge in [0.1, 0.15) is 11.5 Å². The number of halogens is 1. The van der Waals surface area contributed by atoms with Gasteiger partial charge < -0.3 is 15.2 Å². The summed E-state index contributed by atoms with van der Waals surface area (Å²) in [6.45, 7) is 2.60. The summed E-state index contributed by atoms with van der Waals surface area (Å²) in [6, 6.07) is 25.2. The first-order valence-electron chi connectivity index (χ1n) is 11.6. The van der Waals surface area contributed by atoms with Gasteiger partial charge in [-0.3, -0.25) is 0 Å². The Balaban J connectivity index is 1.44. The number of benzene rings is 3. The first-order chi connectivity index (χ1) is 15.7. The maximum Gasteiger partial charge on any atom is 0.119 e. The summed E-state index contributed by atoms with van der Waals surface area (Å²) >= 11 is 3.48. The Morgan fingerprint density at radius 2 is 1.59 bits per heavy atom. The molecule has 3 aromatic carbocycles. The number of piperidine rings is 1. The molecule has 1 fully saturated rings. The van der Waals surface area contributed by atoms with Gasteiger partial charge in [-0.15, -0.1) is 0 Å². The number of nitrogens with one attached hydrogen (secondary N) is 1. The highest BCUT2D eigenvalue weighted by atomic mass is 79.9. The van der Waals surface area contributed by atoms with E-state index in [9.17, 15) is 5.11 Å². The molecule has 4 rings (SSSR count). The molecule has 1 saturated heterocycles. The van der Waals surface area contributed by atoms with Crippen molar-refractivity contribution in [1.29, 1.82) is 0 Å². The lowest BCUT2D eigenvalue weighted by atomic mass is 9.67. The van der Waals surface area contributed by atoms with E-state index < -0.39 is 0 Å². The number of ether oxygens (including phenoxy) is 1. The highest BCUT2D eigenvalue weighted by Crippen LogP contribution is 2.44. The molecule has 0 bridgehead atoms. The third kappa shape index (κ3) is 5.36. The Morgan fingerprint density at radius 3 is 2.31 bits per heavy atom. The third-order valence-corrected chi connectivity index (χ3v) is 6.94. The number of aromatic hydroxyl groups is 1.